The third-order valence-electron chi connectivity index (χ3n) is 2.18. The number of rotatable bonds is 4. The first kappa shape index (κ1) is 12.6. The first-order valence-electron chi connectivity index (χ1n) is 5.38. The average molecular weight is 264 g/mol. The van der Waals surface area contributed by atoms with Crippen LogP contribution in [-0.2, 0) is 4.74 Å². The Bertz CT molecular complexity index is 592. The number of hydrogen-bond donors (Lipinski definition) is 0. The number of hydrogen-bond acceptors (Lipinski definition) is 6. The second-order valence-corrected chi connectivity index (χ2v) is 3.99. The molecule has 6 heteroatoms. The number of aromatic nitrogens is 1. The molecule has 2 aromatic rings. The third kappa shape index (κ3) is 2.70. The number of nitrogens with zero attached hydrogens (tertiary/aromatic N) is 2. The highest BCUT2D eigenvalue weighted by Crippen LogP contribution is 2.18. The van der Waals surface area contributed by atoms with Crippen molar-refractivity contribution in [2.75, 3.05) is 12.9 Å². The van der Waals surface area contributed by atoms with Gasteiger partial charge in [-0.15, -0.1) is 0 Å². The first-order chi connectivity index (χ1) is 8.74. The Kier molecular flexibility index (Phi) is 3.99. The number of esters is 1. The summed E-state index contributed by atoms with van der Waals surface area (Å²) in [7, 11) is 0. The molecule has 0 unspecified atom stereocenters. The summed E-state index contributed by atoms with van der Waals surface area (Å²) in [6.07, 6.45) is 5.22. The van der Waals surface area contributed by atoms with Crippen molar-refractivity contribution in [3.05, 3.63) is 29.7 Å². The molecule has 18 heavy (non-hydrogen) atoms. The van der Waals surface area contributed by atoms with Gasteiger partial charge in [0.15, 0.2) is 0 Å². The van der Waals surface area contributed by atoms with E-state index in [4.69, 9.17) is 9.15 Å². The van der Waals surface area contributed by atoms with Crippen LogP contribution in [0.15, 0.2) is 27.1 Å². The van der Waals surface area contributed by atoms with Crippen LogP contribution >= 0.6 is 11.9 Å². The van der Waals surface area contributed by atoms with Gasteiger partial charge in [0, 0.05) is 35.7 Å². The van der Waals surface area contributed by atoms with Gasteiger partial charge < -0.3 is 9.15 Å². The molecule has 0 aliphatic carbocycles. The van der Waals surface area contributed by atoms with Crippen LogP contribution in [0.2, 0.25) is 0 Å². The van der Waals surface area contributed by atoms with E-state index in [9.17, 15) is 4.79 Å². The van der Waals surface area contributed by atoms with Crippen molar-refractivity contribution in [2.45, 2.75) is 6.92 Å². The van der Waals surface area contributed by atoms with Crippen molar-refractivity contribution in [1.82, 2.24) is 4.98 Å². The molecule has 2 heterocycles. The van der Waals surface area contributed by atoms with Crippen molar-refractivity contribution in [2.24, 2.45) is 4.40 Å². The van der Waals surface area contributed by atoms with E-state index >= 15 is 0 Å². The summed E-state index contributed by atoms with van der Waals surface area (Å²) in [5, 5.41) is 0.753. The van der Waals surface area contributed by atoms with Crippen LogP contribution in [0.5, 0.6) is 0 Å². The highest BCUT2D eigenvalue weighted by atomic mass is 32.2. The fourth-order valence-corrected chi connectivity index (χ4v) is 1.66. The zero-order valence-electron chi connectivity index (χ0n) is 10.0. The van der Waals surface area contributed by atoms with Gasteiger partial charge in [-0.3, -0.25) is 0 Å². The lowest BCUT2D eigenvalue weighted by atomic mass is 10.2. The van der Waals surface area contributed by atoms with Gasteiger partial charge in [0.2, 0.25) is 11.5 Å². The van der Waals surface area contributed by atoms with E-state index in [-0.39, 0.29) is 5.76 Å². The number of furan rings is 1. The molecule has 0 saturated heterocycles. The molecule has 0 aliphatic rings. The van der Waals surface area contributed by atoms with Crippen LogP contribution in [-0.4, -0.2) is 30.0 Å². The van der Waals surface area contributed by atoms with Gasteiger partial charge in [-0.05, 0) is 24.9 Å². The van der Waals surface area contributed by atoms with Crippen molar-refractivity contribution in [3.63, 3.8) is 0 Å². The van der Waals surface area contributed by atoms with E-state index in [1.165, 1.54) is 11.9 Å². The van der Waals surface area contributed by atoms with E-state index < -0.39 is 5.97 Å². The lowest BCUT2D eigenvalue weighted by Gasteiger charge is -1.95. The number of pyridine rings is 1. The maximum atomic E-state index is 11.5. The molecule has 0 amide bonds. The van der Waals surface area contributed by atoms with Gasteiger partial charge in [-0.1, -0.05) is 0 Å². The molecule has 0 aromatic carbocycles. The lowest BCUT2D eigenvalue weighted by Crippen LogP contribution is -2.02. The van der Waals surface area contributed by atoms with Gasteiger partial charge in [-0.25, -0.2) is 14.2 Å². The van der Waals surface area contributed by atoms with Crippen molar-refractivity contribution >= 4 is 35.2 Å². The second kappa shape index (κ2) is 5.68. The van der Waals surface area contributed by atoms with Gasteiger partial charge in [0.05, 0.1) is 6.61 Å². The van der Waals surface area contributed by atoms with Gasteiger partial charge in [-0.2, -0.15) is 0 Å². The summed E-state index contributed by atoms with van der Waals surface area (Å²) in [5.41, 5.74) is 1.27. The van der Waals surface area contributed by atoms with Gasteiger partial charge in [0.25, 0.3) is 0 Å². The van der Waals surface area contributed by atoms with Crippen LogP contribution in [0, 0.1) is 0 Å². The molecule has 0 radical (unpaired) electrons. The molecule has 0 spiro atoms. The zero-order valence-corrected chi connectivity index (χ0v) is 10.9. The fourth-order valence-electron chi connectivity index (χ4n) is 1.44. The van der Waals surface area contributed by atoms with Gasteiger partial charge in [0.1, 0.15) is 0 Å². The largest absolute Gasteiger partial charge is 0.460 e. The fraction of sp³-hybridized carbons (Fsp3) is 0.250. The normalized spacial score (nSPS) is 11.2. The lowest BCUT2D eigenvalue weighted by molar-refractivity contribution is 0.0492. The second-order valence-electron chi connectivity index (χ2n) is 3.41. The molecule has 94 valence electrons. The molecule has 2 aromatic heterocycles. The smallest absolute Gasteiger partial charge is 0.374 e. The van der Waals surface area contributed by atoms with Crippen LogP contribution in [0.4, 0.5) is 0 Å². The topological polar surface area (TPSA) is 64.7 Å². The summed E-state index contributed by atoms with van der Waals surface area (Å²) in [4.78, 5) is 15.6. The minimum atomic E-state index is -0.477. The standard InChI is InChI=1S/C12H12N2O3S/c1-3-16-12(15)10-5-9-4-8(7-14-18-2)6-13-11(9)17-10/h4-7H,3H2,1-2H3/b14-7+. The number of fused-ring (bicyclic) bond motifs is 1. The molecule has 0 atom stereocenters. The van der Waals surface area contributed by atoms with Crippen molar-refractivity contribution in [1.29, 1.82) is 0 Å². The highest BCUT2D eigenvalue weighted by Gasteiger charge is 2.13. The van der Waals surface area contributed by atoms with E-state index in [0.717, 1.165) is 10.9 Å². The summed E-state index contributed by atoms with van der Waals surface area (Å²) in [6, 6.07) is 3.48. The first-order valence-corrected chi connectivity index (χ1v) is 6.56. The zero-order chi connectivity index (χ0) is 13.0. The Morgan fingerprint density at radius 2 is 2.44 bits per heavy atom. The summed E-state index contributed by atoms with van der Waals surface area (Å²) in [6.45, 7) is 2.06. The molecule has 0 bridgehead atoms. The third-order valence-corrected chi connectivity index (χ3v) is 2.49. The summed E-state index contributed by atoms with van der Waals surface area (Å²) >= 11 is 1.36. The van der Waals surface area contributed by atoms with Crippen molar-refractivity contribution in [3.8, 4) is 0 Å². The van der Waals surface area contributed by atoms with E-state index in [1.807, 2.05) is 12.3 Å². The summed E-state index contributed by atoms with van der Waals surface area (Å²) < 4.78 is 14.2. The van der Waals surface area contributed by atoms with Crippen LogP contribution in [0.25, 0.3) is 11.1 Å². The molecule has 2 rings (SSSR count). The predicted molar refractivity (Wildman–Crippen MR) is 71.1 cm³/mol. The Morgan fingerprint density at radius 1 is 1.61 bits per heavy atom. The van der Waals surface area contributed by atoms with Gasteiger partial charge >= 0.3 is 5.97 Å². The Balaban J connectivity index is 2.33. The molecule has 5 nitrogen and oxygen atoms in total. The molecule has 0 fully saturated rings. The van der Waals surface area contributed by atoms with E-state index in [0.29, 0.717) is 12.3 Å². The van der Waals surface area contributed by atoms with Crippen molar-refractivity contribution < 1.29 is 13.9 Å². The number of ether oxygens (including phenoxy) is 1. The highest BCUT2D eigenvalue weighted by molar-refractivity contribution is 7.97. The molecular formula is C12H12N2O3S. The average Bonchev–Trinajstić information content (AvgIpc) is 2.79. The predicted octanol–water partition coefficient (Wildman–Crippen LogP) is 2.70. The number of carbonyl (C=O) groups excluding carboxylic acids is 1. The molecule has 0 saturated carbocycles. The number of carbonyl (C=O) groups is 1. The molecular weight excluding hydrogens is 252 g/mol. The van der Waals surface area contributed by atoms with E-state index in [2.05, 4.69) is 9.38 Å². The minimum absolute atomic E-state index is 0.165. The van der Waals surface area contributed by atoms with E-state index in [1.54, 1.807) is 25.4 Å². The Labute approximate surface area is 108 Å². The maximum absolute atomic E-state index is 11.5. The van der Waals surface area contributed by atoms with Crippen LogP contribution in [0.1, 0.15) is 23.0 Å². The maximum Gasteiger partial charge on any atom is 0.374 e. The Morgan fingerprint density at radius 3 is 3.17 bits per heavy atom. The monoisotopic (exact) mass is 264 g/mol. The molecule has 0 N–H and O–H groups in total. The van der Waals surface area contributed by atoms with Crippen LogP contribution in [0.3, 0.4) is 0 Å². The SMILES string of the molecule is CCOC(=O)c1cc2cc(/C=N/SC)cnc2o1. The summed E-state index contributed by atoms with van der Waals surface area (Å²) in [5.74, 6) is -0.312. The Hall–Kier alpha value is -1.82. The molecule has 0 aliphatic heterocycles. The van der Waals surface area contributed by atoms with Crippen LogP contribution < -0.4 is 0 Å². The quantitative estimate of drug-likeness (QED) is 0.482. The minimum Gasteiger partial charge on any atom is -0.460 e.